The van der Waals surface area contributed by atoms with Crippen molar-refractivity contribution in [3.05, 3.63) is 65.9 Å². The van der Waals surface area contributed by atoms with Gasteiger partial charge in [-0.3, -0.25) is 0 Å². The number of nitrogens with one attached hydrogen (secondary N) is 2. The summed E-state index contributed by atoms with van der Waals surface area (Å²) in [5.41, 5.74) is 2.18. The van der Waals surface area contributed by atoms with Gasteiger partial charge in [-0.15, -0.1) is 0 Å². The molecule has 3 rings (SSSR count). The minimum absolute atomic E-state index is 0.563. The Labute approximate surface area is 164 Å². The number of ether oxygens (including phenoxy) is 3. The van der Waals surface area contributed by atoms with E-state index in [1.807, 2.05) is 48.5 Å². The molecule has 1 aromatic heterocycles. The van der Waals surface area contributed by atoms with Gasteiger partial charge in [0.2, 0.25) is 5.95 Å². The Morgan fingerprint density at radius 1 is 0.750 bits per heavy atom. The standard InChI is InChI=1S/C21H24N4O3/c1-26-17-7-4-15(5-8-17)13-24-21-22-11-10-20(25-21)23-14-16-6-9-18(27-2)19(12-16)28-3/h4-12H,13-14H2,1-3H3,(H2,22,23,24,25). The second kappa shape index (κ2) is 9.45. The molecule has 0 atom stereocenters. The summed E-state index contributed by atoms with van der Waals surface area (Å²) in [5, 5.41) is 6.53. The van der Waals surface area contributed by atoms with Crippen molar-refractivity contribution in [2.24, 2.45) is 0 Å². The van der Waals surface area contributed by atoms with Crippen molar-refractivity contribution < 1.29 is 14.2 Å². The van der Waals surface area contributed by atoms with Gasteiger partial charge in [-0.2, -0.15) is 4.98 Å². The average molecular weight is 380 g/mol. The van der Waals surface area contributed by atoms with E-state index in [-0.39, 0.29) is 0 Å². The molecule has 0 fully saturated rings. The monoisotopic (exact) mass is 380 g/mol. The van der Waals surface area contributed by atoms with Crippen LogP contribution in [0.5, 0.6) is 17.2 Å². The van der Waals surface area contributed by atoms with Gasteiger partial charge in [-0.25, -0.2) is 4.98 Å². The molecule has 7 heteroatoms. The van der Waals surface area contributed by atoms with Crippen LogP contribution in [0.25, 0.3) is 0 Å². The van der Waals surface area contributed by atoms with Gasteiger partial charge in [0.1, 0.15) is 11.6 Å². The van der Waals surface area contributed by atoms with Crippen LogP contribution >= 0.6 is 0 Å². The lowest BCUT2D eigenvalue weighted by molar-refractivity contribution is 0.354. The first-order chi connectivity index (χ1) is 13.7. The quantitative estimate of drug-likeness (QED) is 0.586. The zero-order valence-corrected chi connectivity index (χ0v) is 16.2. The Hall–Kier alpha value is -3.48. The number of hydrogen-bond acceptors (Lipinski definition) is 7. The average Bonchev–Trinajstić information content (AvgIpc) is 2.76. The van der Waals surface area contributed by atoms with Crippen molar-refractivity contribution in [1.82, 2.24) is 9.97 Å². The Morgan fingerprint density at radius 2 is 1.46 bits per heavy atom. The highest BCUT2D eigenvalue weighted by atomic mass is 16.5. The molecule has 0 saturated heterocycles. The van der Waals surface area contributed by atoms with Crippen molar-refractivity contribution in [1.29, 1.82) is 0 Å². The third-order valence-corrected chi connectivity index (χ3v) is 4.19. The fourth-order valence-electron chi connectivity index (χ4n) is 2.65. The number of aromatic nitrogens is 2. The van der Waals surface area contributed by atoms with E-state index in [1.165, 1.54) is 0 Å². The second-order valence-corrected chi connectivity index (χ2v) is 6.01. The van der Waals surface area contributed by atoms with Crippen LogP contribution in [-0.2, 0) is 13.1 Å². The van der Waals surface area contributed by atoms with Gasteiger partial charge in [0.15, 0.2) is 11.5 Å². The summed E-state index contributed by atoms with van der Waals surface area (Å²) < 4.78 is 15.8. The van der Waals surface area contributed by atoms with Crippen LogP contribution in [0.1, 0.15) is 11.1 Å². The van der Waals surface area contributed by atoms with Crippen molar-refractivity contribution in [3.8, 4) is 17.2 Å². The summed E-state index contributed by atoms with van der Waals surface area (Å²) in [6.45, 7) is 1.23. The normalized spacial score (nSPS) is 10.2. The highest BCUT2D eigenvalue weighted by Gasteiger charge is 2.05. The van der Waals surface area contributed by atoms with E-state index >= 15 is 0 Å². The van der Waals surface area contributed by atoms with Gasteiger partial charge in [0, 0.05) is 19.3 Å². The lowest BCUT2D eigenvalue weighted by Crippen LogP contribution is -2.07. The van der Waals surface area contributed by atoms with E-state index in [4.69, 9.17) is 14.2 Å². The number of anilines is 2. The van der Waals surface area contributed by atoms with E-state index < -0.39 is 0 Å². The maximum atomic E-state index is 5.34. The molecular weight excluding hydrogens is 356 g/mol. The SMILES string of the molecule is COc1ccc(CNc2nccc(NCc3ccc(OC)c(OC)c3)n2)cc1. The van der Waals surface area contributed by atoms with Gasteiger partial charge < -0.3 is 24.8 Å². The first kappa shape index (κ1) is 19.3. The molecular formula is C21H24N4O3. The van der Waals surface area contributed by atoms with Crippen LogP contribution in [-0.4, -0.2) is 31.3 Å². The lowest BCUT2D eigenvalue weighted by Gasteiger charge is -2.11. The smallest absolute Gasteiger partial charge is 0.224 e. The predicted octanol–water partition coefficient (Wildman–Crippen LogP) is 3.73. The molecule has 0 aliphatic rings. The van der Waals surface area contributed by atoms with Gasteiger partial charge in [-0.05, 0) is 41.5 Å². The molecule has 28 heavy (non-hydrogen) atoms. The van der Waals surface area contributed by atoms with Crippen molar-refractivity contribution >= 4 is 11.8 Å². The Kier molecular flexibility index (Phi) is 6.51. The van der Waals surface area contributed by atoms with E-state index in [2.05, 4.69) is 20.6 Å². The van der Waals surface area contributed by atoms with E-state index in [0.29, 0.717) is 30.5 Å². The summed E-state index contributed by atoms with van der Waals surface area (Å²) in [7, 11) is 4.90. The molecule has 2 N–H and O–H groups in total. The van der Waals surface area contributed by atoms with E-state index in [1.54, 1.807) is 27.5 Å². The van der Waals surface area contributed by atoms with Crippen LogP contribution in [0.4, 0.5) is 11.8 Å². The number of rotatable bonds is 9. The number of benzene rings is 2. The minimum atomic E-state index is 0.563. The molecule has 0 unspecified atom stereocenters. The Balaban J connectivity index is 1.58. The molecule has 3 aromatic rings. The molecule has 0 aliphatic heterocycles. The summed E-state index contributed by atoms with van der Waals surface area (Å²) >= 11 is 0. The lowest BCUT2D eigenvalue weighted by atomic mass is 10.2. The van der Waals surface area contributed by atoms with Crippen LogP contribution in [0.2, 0.25) is 0 Å². The predicted molar refractivity (Wildman–Crippen MR) is 109 cm³/mol. The summed E-state index contributed by atoms with van der Waals surface area (Å²) in [6.07, 6.45) is 1.72. The fourth-order valence-corrected chi connectivity index (χ4v) is 2.65. The number of hydrogen-bond donors (Lipinski definition) is 2. The topological polar surface area (TPSA) is 77.5 Å². The molecule has 146 valence electrons. The molecule has 0 amide bonds. The third kappa shape index (κ3) is 5.03. The van der Waals surface area contributed by atoms with Crippen LogP contribution in [0, 0.1) is 0 Å². The number of nitrogens with zero attached hydrogens (tertiary/aromatic N) is 2. The van der Waals surface area contributed by atoms with Crippen molar-refractivity contribution in [2.45, 2.75) is 13.1 Å². The molecule has 0 saturated carbocycles. The molecule has 0 bridgehead atoms. The van der Waals surface area contributed by atoms with Gasteiger partial charge in [-0.1, -0.05) is 18.2 Å². The molecule has 2 aromatic carbocycles. The molecule has 1 heterocycles. The minimum Gasteiger partial charge on any atom is -0.497 e. The van der Waals surface area contributed by atoms with E-state index in [9.17, 15) is 0 Å². The Morgan fingerprint density at radius 3 is 2.18 bits per heavy atom. The highest BCUT2D eigenvalue weighted by molar-refractivity contribution is 5.45. The molecule has 0 radical (unpaired) electrons. The largest absolute Gasteiger partial charge is 0.497 e. The van der Waals surface area contributed by atoms with Crippen LogP contribution in [0.3, 0.4) is 0 Å². The summed E-state index contributed by atoms with van der Waals surface area (Å²) in [5.74, 6) is 3.54. The maximum Gasteiger partial charge on any atom is 0.224 e. The molecule has 0 spiro atoms. The van der Waals surface area contributed by atoms with Gasteiger partial charge in [0.25, 0.3) is 0 Å². The third-order valence-electron chi connectivity index (χ3n) is 4.19. The zero-order valence-electron chi connectivity index (χ0n) is 16.2. The Bertz CT molecular complexity index is 900. The first-order valence-electron chi connectivity index (χ1n) is 8.86. The van der Waals surface area contributed by atoms with Crippen molar-refractivity contribution in [2.75, 3.05) is 32.0 Å². The molecule has 0 aliphatic carbocycles. The summed E-state index contributed by atoms with van der Waals surface area (Å²) in [4.78, 5) is 8.77. The summed E-state index contributed by atoms with van der Waals surface area (Å²) in [6, 6.07) is 15.5. The maximum absolute atomic E-state index is 5.34. The van der Waals surface area contributed by atoms with Gasteiger partial charge >= 0.3 is 0 Å². The highest BCUT2D eigenvalue weighted by Crippen LogP contribution is 2.27. The first-order valence-corrected chi connectivity index (χ1v) is 8.86. The number of methoxy groups -OCH3 is 3. The second-order valence-electron chi connectivity index (χ2n) is 6.01. The molecule has 7 nitrogen and oxygen atoms in total. The van der Waals surface area contributed by atoms with Crippen LogP contribution < -0.4 is 24.8 Å². The van der Waals surface area contributed by atoms with E-state index in [0.717, 1.165) is 22.7 Å². The van der Waals surface area contributed by atoms with Gasteiger partial charge in [0.05, 0.1) is 21.3 Å². The fraction of sp³-hybridized carbons (Fsp3) is 0.238. The zero-order chi connectivity index (χ0) is 19.8. The van der Waals surface area contributed by atoms with Crippen molar-refractivity contribution in [3.63, 3.8) is 0 Å². The van der Waals surface area contributed by atoms with Crippen LogP contribution in [0.15, 0.2) is 54.7 Å².